The number of likely N-dealkylation sites (tertiary alicyclic amines) is 2. The molecule has 1 aromatic carbocycles. The van der Waals surface area contributed by atoms with Crippen molar-refractivity contribution in [2.75, 3.05) is 33.7 Å². The fourth-order valence-corrected chi connectivity index (χ4v) is 4.67. The predicted octanol–water partition coefficient (Wildman–Crippen LogP) is 1.80. The SMILES string of the molecule is CN(C)S(=O)(=O)N[C@H]1CCN(C(=O)N2CCC2)[C@H]1Cc1cccc(Br)c1F. The highest BCUT2D eigenvalue weighted by molar-refractivity contribution is 9.10. The summed E-state index contributed by atoms with van der Waals surface area (Å²) in [5.74, 6) is -0.380. The summed E-state index contributed by atoms with van der Waals surface area (Å²) in [4.78, 5) is 16.2. The molecular weight excluding hydrogens is 439 g/mol. The van der Waals surface area contributed by atoms with Gasteiger partial charge in [0.05, 0.1) is 10.5 Å². The molecule has 0 radical (unpaired) electrons. The van der Waals surface area contributed by atoms with Gasteiger partial charge in [0.2, 0.25) is 0 Å². The fraction of sp³-hybridized carbons (Fsp3) is 0.588. The van der Waals surface area contributed by atoms with Crippen molar-refractivity contribution in [2.45, 2.75) is 31.3 Å². The van der Waals surface area contributed by atoms with Gasteiger partial charge in [-0.2, -0.15) is 17.4 Å². The summed E-state index contributed by atoms with van der Waals surface area (Å²) >= 11 is 3.18. The van der Waals surface area contributed by atoms with Gasteiger partial charge >= 0.3 is 6.03 Å². The molecule has 0 spiro atoms. The molecule has 2 amide bonds. The summed E-state index contributed by atoms with van der Waals surface area (Å²) in [6, 6.07) is 3.99. The second-order valence-electron chi connectivity index (χ2n) is 7.10. The molecule has 2 heterocycles. The van der Waals surface area contributed by atoms with Crippen molar-refractivity contribution in [1.82, 2.24) is 18.8 Å². The van der Waals surface area contributed by atoms with Crippen LogP contribution >= 0.6 is 15.9 Å². The largest absolute Gasteiger partial charge is 0.325 e. The summed E-state index contributed by atoms with van der Waals surface area (Å²) in [6.45, 7) is 1.86. The van der Waals surface area contributed by atoms with Crippen LogP contribution in [0.4, 0.5) is 9.18 Å². The number of carbonyl (C=O) groups excluding carboxylic acids is 1. The van der Waals surface area contributed by atoms with E-state index in [2.05, 4.69) is 20.7 Å². The lowest BCUT2D eigenvalue weighted by Crippen LogP contribution is -2.55. The van der Waals surface area contributed by atoms with Crippen molar-refractivity contribution in [3.8, 4) is 0 Å². The molecule has 0 saturated carbocycles. The normalized spacial score (nSPS) is 23.0. The Hall–Kier alpha value is -1.23. The van der Waals surface area contributed by atoms with E-state index < -0.39 is 22.3 Å². The first kappa shape index (κ1) is 20.5. The van der Waals surface area contributed by atoms with Crippen LogP contribution in [-0.2, 0) is 16.6 Å². The highest BCUT2D eigenvalue weighted by atomic mass is 79.9. The zero-order valence-electron chi connectivity index (χ0n) is 15.4. The minimum absolute atomic E-state index is 0.104. The van der Waals surface area contributed by atoms with Gasteiger partial charge in [0.1, 0.15) is 5.82 Å². The van der Waals surface area contributed by atoms with Crippen molar-refractivity contribution < 1.29 is 17.6 Å². The summed E-state index contributed by atoms with van der Waals surface area (Å²) in [6.07, 6.45) is 1.71. The number of rotatable bonds is 5. The van der Waals surface area contributed by atoms with E-state index in [1.54, 1.807) is 28.0 Å². The average Bonchev–Trinajstić information content (AvgIpc) is 2.92. The molecule has 2 aliphatic heterocycles. The number of amides is 2. The number of nitrogens with one attached hydrogen (secondary N) is 1. The van der Waals surface area contributed by atoms with Crippen LogP contribution in [-0.4, -0.2) is 74.4 Å². The van der Waals surface area contributed by atoms with Crippen molar-refractivity contribution in [2.24, 2.45) is 0 Å². The summed E-state index contributed by atoms with van der Waals surface area (Å²) in [5.41, 5.74) is 0.451. The highest BCUT2D eigenvalue weighted by Gasteiger charge is 2.42. The van der Waals surface area contributed by atoms with E-state index in [9.17, 15) is 17.6 Å². The molecule has 1 aromatic rings. The van der Waals surface area contributed by atoms with Gasteiger partial charge in [-0.25, -0.2) is 9.18 Å². The lowest BCUT2D eigenvalue weighted by molar-refractivity contribution is 0.120. The average molecular weight is 463 g/mol. The standard InChI is InChI=1S/C17H24BrFN4O3S/c1-21(2)27(25,26)20-14-7-10-23(17(24)22-8-4-9-22)15(14)11-12-5-3-6-13(18)16(12)19/h3,5-6,14-15,20H,4,7-11H2,1-2H3/t14-,15-/m0/s1. The van der Waals surface area contributed by atoms with Crippen LogP contribution in [0.3, 0.4) is 0 Å². The number of hydrogen-bond donors (Lipinski definition) is 1. The third kappa shape index (κ3) is 4.28. The summed E-state index contributed by atoms with van der Waals surface area (Å²) in [5, 5.41) is 0. The van der Waals surface area contributed by atoms with Crippen LogP contribution in [0.1, 0.15) is 18.4 Å². The molecule has 7 nitrogen and oxygen atoms in total. The Morgan fingerprint density at radius 2 is 2.04 bits per heavy atom. The monoisotopic (exact) mass is 462 g/mol. The lowest BCUT2D eigenvalue weighted by atomic mass is 10.0. The third-order valence-corrected chi connectivity index (χ3v) is 7.33. The Bertz CT molecular complexity index is 816. The molecule has 150 valence electrons. The van der Waals surface area contributed by atoms with E-state index in [-0.39, 0.29) is 18.3 Å². The predicted molar refractivity (Wildman–Crippen MR) is 104 cm³/mol. The maximum Gasteiger partial charge on any atom is 0.320 e. The quantitative estimate of drug-likeness (QED) is 0.724. The molecule has 1 N–H and O–H groups in total. The van der Waals surface area contributed by atoms with E-state index in [0.29, 0.717) is 36.1 Å². The minimum Gasteiger partial charge on any atom is -0.325 e. The van der Waals surface area contributed by atoms with E-state index >= 15 is 0 Å². The Kier molecular flexibility index (Phi) is 6.09. The zero-order valence-corrected chi connectivity index (χ0v) is 17.8. The molecule has 2 aliphatic rings. The van der Waals surface area contributed by atoms with Gasteiger partial charge in [0, 0.05) is 39.8 Å². The van der Waals surface area contributed by atoms with Gasteiger partial charge in [-0.1, -0.05) is 12.1 Å². The molecular formula is C17H24BrFN4O3S. The molecule has 2 saturated heterocycles. The second kappa shape index (κ2) is 8.02. The summed E-state index contributed by atoms with van der Waals surface area (Å²) < 4.78 is 43.2. The lowest BCUT2D eigenvalue weighted by Gasteiger charge is -2.38. The molecule has 2 atom stereocenters. The van der Waals surface area contributed by atoms with E-state index in [1.165, 1.54) is 14.1 Å². The maximum atomic E-state index is 14.5. The number of hydrogen-bond acceptors (Lipinski definition) is 3. The van der Waals surface area contributed by atoms with Gasteiger partial charge in [0.15, 0.2) is 0 Å². The molecule has 2 fully saturated rings. The maximum absolute atomic E-state index is 14.5. The van der Waals surface area contributed by atoms with Crippen molar-refractivity contribution >= 4 is 32.2 Å². The number of carbonyl (C=O) groups is 1. The molecule has 27 heavy (non-hydrogen) atoms. The fourth-order valence-electron chi connectivity index (χ4n) is 3.40. The topological polar surface area (TPSA) is 73.0 Å². The number of halogens is 2. The van der Waals surface area contributed by atoms with Crippen LogP contribution in [0.15, 0.2) is 22.7 Å². The Morgan fingerprint density at radius 3 is 2.63 bits per heavy atom. The van der Waals surface area contributed by atoms with Crippen molar-refractivity contribution in [3.05, 3.63) is 34.1 Å². The minimum atomic E-state index is -3.66. The van der Waals surface area contributed by atoms with Gasteiger partial charge < -0.3 is 9.80 Å². The molecule has 3 rings (SSSR count). The van der Waals surface area contributed by atoms with Crippen LogP contribution in [0.25, 0.3) is 0 Å². The summed E-state index contributed by atoms with van der Waals surface area (Å²) in [7, 11) is -0.762. The van der Waals surface area contributed by atoms with Gasteiger partial charge in [-0.15, -0.1) is 0 Å². The van der Waals surface area contributed by atoms with Gasteiger partial charge in [0.25, 0.3) is 10.2 Å². The first-order chi connectivity index (χ1) is 12.7. The second-order valence-corrected chi connectivity index (χ2v) is 9.87. The van der Waals surface area contributed by atoms with E-state index in [4.69, 9.17) is 0 Å². The van der Waals surface area contributed by atoms with Crippen molar-refractivity contribution in [1.29, 1.82) is 0 Å². The van der Waals surface area contributed by atoms with Crippen LogP contribution in [0.5, 0.6) is 0 Å². The van der Waals surface area contributed by atoms with Crippen molar-refractivity contribution in [3.63, 3.8) is 0 Å². The van der Waals surface area contributed by atoms with Crippen LogP contribution in [0.2, 0.25) is 0 Å². The Morgan fingerprint density at radius 1 is 1.33 bits per heavy atom. The first-order valence-corrected chi connectivity index (χ1v) is 11.1. The Labute approximate surface area is 167 Å². The van der Waals surface area contributed by atoms with Crippen LogP contribution < -0.4 is 4.72 Å². The third-order valence-electron chi connectivity index (χ3n) is 5.16. The molecule has 0 unspecified atom stereocenters. The van der Waals surface area contributed by atoms with E-state index in [0.717, 1.165) is 10.7 Å². The van der Waals surface area contributed by atoms with Crippen LogP contribution in [0, 0.1) is 5.82 Å². The number of urea groups is 1. The smallest absolute Gasteiger partial charge is 0.320 e. The van der Waals surface area contributed by atoms with Gasteiger partial charge in [-0.3, -0.25) is 0 Å². The number of benzene rings is 1. The van der Waals surface area contributed by atoms with Gasteiger partial charge in [-0.05, 0) is 46.8 Å². The molecule has 0 bridgehead atoms. The molecule has 10 heteroatoms. The highest BCUT2D eigenvalue weighted by Crippen LogP contribution is 2.28. The first-order valence-electron chi connectivity index (χ1n) is 8.89. The number of nitrogens with zero attached hydrogens (tertiary/aromatic N) is 3. The molecule has 0 aliphatic carbocycles. The molecule has 0 aromatic heterocycles. The Balaban J connectivity index is 1.86. The zero-order chi connectivity index (χ0) is 19.8. The van der Waals surface area contributed by atoms with E-state index in [1.807, 2.05) is 0 Å².